The van der Waals surface area contributed by atoms with Crippen LogP contribution in [-0.2, 0) is 0 Å². The molecule has 70 valence electrons. The van der Waals surface area contributed by atoms with Crippen LogP contribution in [-0.4, -0.2) is 18.0 Å². The van der Waals surface area contributed by atoms with E-state index in [1.165, 1.54) is 30.6 Å². The summed E-state index contributed by atoms with van der Waals surface area (Å²) in [4.78, 5) is 2.52. The number of likely N-dealkylation sites (tertiary alicyclic amines) is 1. The van der Waals surface area contributed by atoms with Gasteiger partial charge in [0.15, 0.2) is 0 Å². The van der Waals surface area contributed by atoms with E-state index in [0.29, 0.717) is 6.04 Å². The van der Waals surface area contributed by atoms with Crippen LogP contribution in [0.1, 0.15) is 30.5 Å². The van der Waals surface area contributed by atoms with E-state index in [1.54, 1.807) is 0 Å². The smallest absolute Gasteiger partial charge is 0.0319 e. The average molecular weight is 175 g/mol. The van der Waals surface area contributed by atoms with Crippen LogP contribution < -0.4 is 0 Å². The Morgan fingerprint density at radius 3 is 2.23 bits per heavy atom. The van der Waals surface area contributed by atoms with E-state index >= 15 is 0 Å². The Morgan fingerprint density at radius 1 is 1.15 bits per heavy atom. The van der Waals surface area contributed by atoms with Gasteiger partial charge in [-0.1, -0.05) is 29.8 Å². The summed E-state index contributed by atoms with van der Waals surface area (Å²) < 4.78 is 0. The standard InChI is InChI=1S/C12H17N/c1-10-4-6-12(7-5-10)11(2)13-8-3-9-13/h4-7,11H,3,8-9H2,1-2H3/t11-/m0/s1. The SMILES string of the molecule is Cc1ccc([C@H](C)N2CCC2)cc1. The lowest BCUT2D eigenvalue weighted by molar-refractivity contribution is 0.128. The number of aryl methyl sites for hydroxylation is 1. The van der Waals surface area contributed by atoms with Crippen LogP contribution in [0.3, 0.4) is 0 Å². The molecule has 1 aliphatic heterocycles. The molecule has 13 heavy (non-hydrogen) atoms. The minimum absolute atomic E-state index is 0.606. The van der Waals surface area contributed by atoms with Gasteiger partial charge in [-0.15, -0.1) is 0 Å². The molecule has 1 nitrogen and oxygen atoms in total. The fourth-order valence-electron chi connectivity index (χ4n) is 1.78. The van der Waals surface area contributed by atoms with Gasteiger partial charge in [0.25, 0.3) is 0 Å². The molecular weight excluding hydrogens is 158 g/mol. The van der Waals surface area contributed by atoms with Crippen LogP contribution in [0, 0.1) is 6.92 Å². The summed E-state index contributed by atoms with van der Waals surface area (Å²) in [6.45, 7) is 6.98. The summed E-state index contributed by atoms with van der Waals surface area (Å²) >= 11 is 0. The minimum Gasteiger partial charge on any atom is -0.297 e. The van der Waals surface area contributed by atoms with Crippen molar-refractivity contribution in [1.29, 1.82) is 0 Å². The monoisotopic (exact) mass is 175 g/mol. The van der Waals surface area contributed by atoms with Crippen molar-refractivity contribution in [1.82, 2.24) is 4.90 Å². The molecule has 1 saturated heterocycles. The first-order valence-corrected chi connectivity index (χ1v) is 5.08. The zero-order valence-corrected chi connectivity index (χ0v) is 8.46. The molecule has 0 spiro atoms. The highest BCUT2D eigenvalue weighted by Gasteiger charge is 2.20. The maximum absolute atomic E-state index is 2.52. The molecule has 1 aliphatic rings. The maximum atomic E-state index is 2.52. The van der Waals surface area contributed by atoms with Crippen molar-refractivity contribution in [3.63, 3.8) is 0 Å². The third-order valence-electron chi connectivity index (χ3n) is 3.00. The van der Waals surface area contributed by atoms with Crippen molar-refractivity contribution in [2.45, 2.75) is 26.3 Å². The summed E-state index contributed by atoms with van der Waals surface area (Å²) in [7, 11) is 0. The van der Waals surface area contributed by atoms with Gasteiger partial charge in [0.1, 0.15) is 0 Å². The van der Waals surface area contributed by atoms with Crippen molar-refractivity contribution in [3.8, 4) is 0 Å². The summed E-state index contributed by atoms with van der Waals surface area (Å²) in [6.07, 6.45) is 1.37. The molecule has 1 aromatic rings. The van der Waals surface area contributed by atoms with Crippen LogP contribution in [0.25, 0.3) is 0 Å². The van der Waals surface area contributed by atoms with Gasteiger partial charge >= 0.3 is 0 Å². The van der Waals surface area contributed by atoms with Gasteiger partial charge in [-0.2, -0.15) is 0 Å². The molecule has 0 saturated carbocycles. The van der Waals surface area contributed by atoms with E-state index in [0.717, 1.165) is 0 Å². The molecule has 0 unspecified atom stereocenters. The third kappa shape index (κ3) is 1.75. The molecule has 0 aromatic heterocycles. The van der Waals surface area contributed by atoms with Crippen molar-refractivity contribution in [2.75, 3.05) is 13.1 Å². The first kappa shape index (κ1) is 8.76. The fraction of sp³-hybridized carbons (Fsp3) is 0.500. The summed E-state index contributed by atoms with van der Waals surface area (Å²) in [5, 5.41) is 0. The first-order valence-electron chi connectivity index (χ1n) is 5.08. The zero-order chi connectivity index (χ0) is 9.26. The lowest BCUT2D eigenvalue weighted by Crippen LogP contribution is -2.38. The Labute approximate surface area is 80.4 Å². The Balaban J connectivity index is 2.10. The normalized spacial score (nSPS) is 19.5. The Hall–Kier alpha value is -0.820. The highest BCUT2D eigenvalue weighted by molar-refractivity contribution is 5.23. The zero-order valence-electron chi connectivity index (χ0n) is 8.46. The molecular formula is C12H17N. The third-order valence-corrected chi connectivity index (χ3v) is 3.00. The number of hydrogen-bond acceptors (Lipinski definition) is 1. The van der Waals surface area contributed by atoms with Gasteiger partial charge in [0.2, 0.25) is 0 Å². The van der Waals surface area contributed by atoms with Gasteiger partial charge < -0.3 is 0 Å². The summed E-state index contributed by atoms with van der Waals surface area (Å²) in [5.41, 5.74) is 2.80. The molecule has 1 aromatic carbocycles. The average Bonchev–Trinajstić information content (AvgIpc) is 2.02. The quantitative estimate of drug-likeness (QED) is 0.668. The number of rotatable bonds is 2. The van der Waals surface area contributed by atoms with E-state index in [2.05, 4.69) is 43.0 Å². The van der Waals surface area contributed by atoms with Crippen molar-refractivity contribution >= 4 is 0 Å². The molecule has 0 aliphatic carbocycles. The van der Waals surface area contributed by atoms with E-state index in [4.69, 9.17) is 0 Å². The van der Waals surface area contributed by atoms with Gasteiger partial charge in [-0.25, -0.2) is 0 Å². The van der Waals surface area contributed by atoms with Gasteiger partial charge in [-0.3, -0.25) is 4.90 Å². The van der Waals surface area contributed by atoms with E-state index in [9.17, 15) is 0 Å². The van der Waals surface area contributed by atoms with Crippen molar-refractivity contribution in [3.05, 3.63) is 35.4 Å². The Kier molecular flexibility index (Phi) is 2.36. The van der Waals surface area contributed by atoms with E-state index in [-0.39, 0.29) is 0 Å². The van der Waals surface area contributed by atoms with Crippen LogP contribution in [0.5, 0.6) is 0 Å². The number of nitrogens with zero attached hydrogens (tertiary/aromatic N) is 1. The van der Waals surface area contributed by atoms with Crippen LogP contribution in [0.2, 0.25) is 0 Å². The molecule has 0 bridgehead atoms. The molecule has 1 heterocycles. The largest absolute Gasteiger partial charge is 0.297 e. The second-order valence-electron chi connectivity index (χ2n) is 3.98. The lowest BCUT2D eigenvalue weighted by Gasteiger charge is -2.36. The van der Waals surface area contributed by atoms with E-state index < -0.39 is 0 Å². The predicted octanol–water partition coefficient (Wildman–Crippen LogP) is 2.76. The molecule has 2 rings (SSSR count). The van der Waals surface area contributed by atoms with Gasteiger partial charge in [0, 0.05) is 6.04 Å². The molecule has 1 fully saturated rings. The summed E-state index contributed by atoms with van der Waals surface area (Å²) in [6, 6.07) is 9.50. The molecule has 1 atom stereocenters. The van der Waals surface area contributed by atoms with Crippen molar-refractivity contribution < 1.29 is 0 Å². The van der Waals surface area contributed by atoms with Gasteiger partial charge in [-0.05, 0) is 38.9 Å². The van der Waals surface area contributed by atoms with Crippen LogP contribution in [0.15, 0.2) is 24.3 Å². The topological polar surface area (TPSA) is 3.24 Å². The minimum atomic E-state index is 0.606. The van der Waals surface area contributed by atoms with Gasteiger partial charge in [0.05, 0.1) is 0 Å². The van der Waals surface area contributed by atoms with Crippen LogP contribution in [0.4, 0.5) is 0 Å². The molecule has 0 amide bonds. The molecule has 0 N–H and O–H groups in total. The highest BCUT2D eigenvalue weighted by atomic mass is 15.2. The Morgan fingerprint density at radius 2 is 1.77 bits per heavy atom. The fourth-order valence-corrected chi connectivity index (χ4v) is 1.78. The van der Waals surface area contributed by atoms with E-state index in [1.807, 2.05) is 0 Å². The Bertz CT molecular complexity index is 272. The molecule has 0 radical (unpaired) electrons. The predicted molar refractivity (Wildman–Crippen MR) is 55.8 cm³/mol. The first-order chi connectivity index (χ1) is 6.27. The molecule has 1 heteroatoms. The second kappa shape index (κ2) is 3.51. The number of hydrogen-bond donors (Lipinski definition) is 0. The van der Waals surface area contributed by atoms with Crippen LogP contribution >= 0.6 is 0 Å². The second-order valence-corrected chi connectivity index (χ2v) is 3.98. The van der Waals surface area contributed by atoms with Crippen molar-refractivity contribution in [2.24, 2.45) is 0 Å². The summed E-state index contributed by atoms with van der Waals surface area (Å²) in [5.74, 6) is 0. The maximum Gasteiger partial charge on any atom is 0.0319 e. The lowest BCUT2D eigenvalue weighted by atomic mass is 10.0. The number of benzene rings is 1. The highest BCUT2D eigenvalue weighted by Crippen LogP contribution is 2.24.